The minimum atomic E-state index is -0.668. The number of nitrogens with zero attached hydrogens (tertiary/aromatic N) is 1. The predicted octanol–water partition coefficient (Wildman–Crippen LogP) is 2.80. The second kappa shape index (κ2) is 5.38. The van der Waals surface area contributed by atoms with Gasteiger partial charge in [0.15, 0.2) is 0 Å². The lowest BCUT2D eigenvalue weighted by molar-refractivity contribution is 0.0960. The Morgan fingerprint density at radius 3 is 2.23 bits per heavy atom. The van der Waals surface area contributed by atoms with Crippen LogP contribution in [0.2, 0.25) is 0 Å². The Morgan fingerprint density at radius 2 is 1.92 bits per heavy atom. The lowest BCUT2D eigenvalue weighted by Crippen LogP contribution is -2.36. The summed E-state index contributed by atoms with van der Waals surface area (Å²) in [6.07, 6.45) is 2.56. The van der Waals surface area contributed by atoms with E-state index in [1.165, 1.54) is 0 Å². The van der Waals surface area contributed by atoms with Gasteiger partial charge in [-0.25, -0.2) is 0 Å². The molecule has 1 unspecified atom stereocenters. The number of hydrogen-bond acceptors (Lipinski definition) is 2. The van der Waals surface area contributed by atoms with E-state index in [2.05, 4.69) is 11.9 Å². The third-order valence-corrected chi connectivity index (χ3v) is 2.37. The standard InChI is InChI=1S/C11H23NO/c1-6-8-11(13,7-2)10(5)12-9(3)4/h9,13H,6-8H2,1-5H3. The van der Waals surface area contributed by atoms with Gasteiger partial charge in [-0.2, -0.15) is 0 Å². The van der Waals surface area contributed by atoms with Crippen LogP contribution < -0.4 is 0 Å². The molecule has 0 aliphatic carbocycles. The molecule has 0 aromatic heterocycles. The van der Waals surface area contributed by atoms with Crippen LogP contribution in [0.25, 0.3) is 0 Å². The van der Waals surface area contributed by atoms with Crippen LogP contribution in [0.3, 0.4) is 0 Å². The van der Waals surface area contributed by atoms with E-state index in [9.17, 15) is 5.11 Å². The molecule has 13 heavy (non-hydrogen) atoms. The second-order valence-corrected chi connectivity index (χ2v) is 3.94. The van der Waals surface area contributed by atoms with E-state index in [1.54, 1.807) is 0 Å². The summed E-state index contributed by atoms with van der Waals surface area (Å²) < 4.78 is 0. The van der Waals surface area contributed by atoms with Crippen LogP contribution in [0, 0.1) is 0 Å². The van der Waals surface area contributed by atoms with Crippen LogP contribution in [-0.4, -0.2) is 22.5 Å². The highest BCUT2D eigenvalue weighted by Crippen LogP contribution is 2.19. The van der Waals surface area contributed by atoms with Gasteiger partial charge in [0.05, 0.1) is 0 Å². The van der Waals surface area contributed by atoms with Crippen LogP contribution in [0.4, 0.5) is 0 Å². The highest BCUT2D eigenvalue weighted by Gasteiger charge is 2.26. The van der Waals surface area contributed by atoms with Gasteiger partial charge in [-0.15, -0.1) is 0 Å². The van der Waals surface area contributed by atoms with E-state index >= 15 is 0 Å². The van der Waals surface area contributed by atoms with Gasteiger partial charge < -0.3 is 5.11 Å². The van der Waals surface area contributed by atoms with Gasteiger partial charge in [0.25, 0.3) is 0 Å². The molecule has 1 atom stereocenters. The summed E-state index contributed by atoms with van der Waals surface area (Å²) in [6.45, 7) is 10.1. The molecule has 0 spiro atoms. The third-order valence-electron chi connectivity index (χ3n) is 2.37. The zero-order valence-electron chi connectivity index (χ0n) is 9.59. The van der Waals surface area contributed by atoms with Crippen molar-refractivity contribution in [2.24, 2.45) is 4.99 Å². The van der Waals surface area contributed by atoms with Crippen molar-refractivity contribution in [1.29, 1.82) is 0 Å². The molecule has 0 radical (unpaired) electrons. The number of aliphatic hydroxyl groups is 1. The topological polar surface area (TPSA) is 32.6 Å². The Kier molecular flexibility index (Phi) is 5.23. The number of aliphatic imine (C=N–C) groups is 1. The fourth-order valence-corrected chi connectivity index (χ4v) is 1.53. The maximum atomic E-state index is 10.2. The smallest absolute Gasteiger partial charge is 0.102 e. The zero-order valence-corrected chi connectivity index (χ0v) is 9.59. The lowest BCUT2D eigenvalue weighted by atomic mass is 9.90. The van der Waals surface area contributed by atoms with Crippen molar-refractivity contribution in [2.75, 3.05) is 0 Å². The first-order valence-corrected chi connectivity index (χ1v) is 5.23. The maximum absolute atomic E-state index is 10.2. The summed E-state index contributed by atoms with van der Waals surface area (Å²) >= 11 is 0. The monoisotopic (exact) mass is 185 g/mol. The first kappa shape index (κ1) is 12.6. The van der Waals surface area contributed by atoms with Gasteiger partial charge in [-0.05, 0) is 33.6 Å². The van der Waals surface area contributed by atoms with Gasteiger partial charge in [-0.3, -0.25) is 4.99 Å². The Labute approximate surface area is 82.1 Å². The van der Waals surface area contributed by atoms with Crippen molar-refractivity contribution in [3.05, 3.63) is 0 Å². The average Bonchev–Trinajstić information content (AvgIpc) is 2.03. The van der Waals surface area contributed by atoms with Gasteiger partial charge in [0.1, 0.15) is 5.60 Å². The molecule has 0 heterocycles. The van der Waals surface area contributed by atoms with Gasteiger partial charge in [0.2, 0.25) is 0 Å². The molecule has 0 saturated heterocycles. The predicted molar refractivity (Wildman–Crippen MR) is 58.4 cm³/mol. The van der Waals surface area contributed by atoms with E-state index in [-0.39, 0.29) is 6.04 Å². The molecule has 2 heteroatoms. The summed E-state index contributed by atoms with van der Waals surface area (Å²) in [5, 5.41) is 10.2. The molecule has 0 aromatic carbocycles. The summed E-state index contributed by atoms with van der Waals surface area (Å²) in [4.78, 5) is 4.41. The summed E-state index contributed by atoms with van der Waals surface area (Å²) in [6, 6.07) is 0.273. The quantitative estimate of drug-likeness (QED) is 0.656. The number of hydrogen-bond donors (Lipinski definition) is 1. The summed E-state index contributed by atoms with van der Waals surface area (Å²) in [7, 11) is 0. The van der Waals surface area contributed by atoms with Crippen molar-refractivity contribution < 1.29 is 5.11 Å². The summed E-state index contributed by atoms with van der Waals surface area (Å²) in [5.41, 5.74) is 0.214. The lowest BCUT2D eigenvalue weighted by Gasteiger charge is -2.26. The molecule has 0 amide bonds. The number of rotatable bonds is 5. The van der Waals surface area contributed by atoms with Crippen LogP contribution in [-0.2, 0) is 0 Å². The zero-order chi connectivity index (χ0) is 10.5. The van der Waals surface area contributed by atoms with Crippen molar-refractivity contribution in [2.45, 2.75) is 65.5 Å². The van der Waals surface area contributed by atoms with Gasteiger partial charge in [0, 0.05) is 11.8 Å². The minimum absolute atomic E-state index is 0.273. The van der Waals surface area contributed by atoms with Crippen LogP contribution in [0.1, 0.15) is 53.9 Å². The molecule has 0 aliphatic heterocycles. The van der Waals surface area contributed by atoms with Crippen molar-refractivity contribution in [3.63, 3.8) is 0 Å². The molecule has 78 valence electrons. The molecular formula is C11H23NO. The first-order valence-electron chi connectivity index (χ1n) is 5.23. The molecular weight excluding hydrogens is 162 g/mol. The molecule has 0 saturated carbocycles. The highest BCUT2D eigenvalue weighted by molar-refractivity contribution is 5.90. The second-order valence-electron chi connectivity index (χ2n) is 3.94. The molecule has 1 N–H and O–H groups in total. The van der Waals surface area contributed by atoms with E-state index < -0.39 is 5.60 Å². The fourth-order valence-electron chi connectivity index (χ4n) is 1.53. The summed E-state index contributed by atoms with van der Waals surface area (Å²) in [5.74, 6) is 0. The fraction of sp³-hybridized carbons (Fsp3) is 0.909. The minimum Gasteiger partial charge on any atom is -0.384 e. The van der Waals surface area contributed by atoms with Gasteiger partial charge in [-0.1, -0.05) is 20.3 Å². The van der Waals surface area contributed by atoms with E-state index in [1.807, 2.05) is 27.7 Å². The van der Waals surface area contributed by atoms with Crippen molar-refractivity contribution in [3.8, 4) is 0 Å². The molecule has 0 bridgehead atoms. The Morgan fingerprint density at radius 1 is 1.38 bits per heavy atom. The molecule has 0 rings (SSSR count). The Bertz CT molecular complexity index is 175. The average molecular weight is 185 g/mol. The first-order chi connectivity index (χ1) is 5.96. The molecule has 2 nitrogen and oxygen atoms in total. The molecule has 0 fully saturated rings. The maximum Gasteiger partial charge on any atom is 0.102 e. The Hall–Kier alpha value is -0.370. The van der Waals surface area contributed by atoms with E-state index in [0.717, 1.165) is 25.0 Å². The van der Waals surface area contributed by atoms with E-state index in [0.29, 0.717) is 0 Å². The van der Waals surface area contributed by atoms with E-state index in [4.69, 9.17) is 0 Å². The SMILES string of the molecule is CCCC(O)(CC)C(C)=NC(C)C. The van der Waals surface area contributed by atoms with Crippen molar-refractivity contribution >= 4 is 5.71 Å². The van der Waals surface area contributed by atoms with Crippen LogP contribution in [0.5, 0.6) is 0 Å². The third kappa shape index (κ3) is 3.90. The largest absolute Gasteiger partial charge is 0.384 e. The van der Waals surface area contributed by atoms with Crippen molar-refractivity contribution in [1.82, 2.24) is 0 Å². The van der Waals surface area contributed by atoms with Gasteiger partial charge >= 0.3 is 0 Å². The highest BCUT2D eigenvalue weighted by atomic mass is 16.3. The Balaban J connectivity index is 4.54. The van der Waals surface area contributed by atoms with Crippen LogP contribution in [0.15, 0.2) is 4.99 Å². The van der Waals surface area contributed by atoms with Crippen LogP contribution >= 0.6 is 0 Å². The molecule has 0 aromatic rings. The normalized spacial score (nSPS) is 17.6. The molecule has 0 aliphatic rings.